The number of hydrogen-bond donors (Lipinski definition) is 1. The van der Waals surface area contributed by atoms with Crippen molar-refractivity contribution >= 4 is 11.1 Å². The van der Waals surface area contributed by atoms with Gasteiger partial charge in [-0.3, -0.25) is 0 Å². The minimum Gasteiger partial charge on any atom is -0.439 e. The Morgan fingerprint density at radius 2 is 2.06 bits per heavy atom. The van der Waals surface area contributed by atoms with E-state index < -0.39 is 0 Å². The van der Waals surface area contributed by atoms with Crippen molar-refractivity contribution in [3.63, 3.8) is 0 Å². The van der Waals surface area contributed by atoms with Gasteiger partial charge in [-0.25, -0.2) is 4.98 Å². The molecule has 3 rings (SSSR count). The van der Waals surface area contributed by atoms with Crippen LogP contribution in [0, 0.1) is 13.8 Å². The summed E-state index contributed by atoms with van der Waals surface area (Å²) in [5.41, 5.74) is 4.33. The summed E-state index contributed by atoms with van der Waals surface area (Å²) >= 11 is 0. The van der Waals surface area contributed by atoms with Gasteiger partial charge in [0.2, 0.25) is 5.89 Å². The Hall–Kier alpha value is -1.35. The molecule has 0 unspecified atom stereocenters. The van der Waals surface area contributed by atoms with Crippen LogP contribution in [0.1, 0.15) is 42.7 Å². The maximum absolute atomic E-state index is 5.84. The summed E-state index contributed by atoms with van der Waals surface area (Å²) in [6.45, 7) is 4.92. The number of hydrogen-bond acceptors (Lipinski definition) is 3. The van der Waals surface area contributed by atoms with Gasteiger partial charge in [-0.2, -0.15) is 0 Å². The predicted octanol–water partition coefficient (Wildman–Crippen LogP) is 3.48. The molecule has 1 heterocycles. The third kappa shape index (κ3) is 2.27. The largest absolute Gasteiger partial charge is 0.439 e. The molecule has 1 fully saturated rings. The number of nitrogens with one attached hydrogen (secondary N) is 1. The minimum atomic E-state index is 0.655. The fourth-order valence-corrected chi connectivity index (χ4v) is 2.86. The van der Waals surface area contributed by atoms with Gasteiger partial charge in [0.25, 0.3) is 0 Å². The van der Waals surface area contributed by atoms with E-state index in [-0.39, 0.29) is 0 Å². The molecular formula is C15H20N2O. The zero-order chi connectivity index (χ0) is 12.5. The summed E-state index contributed by atoms with van der Waals surface area (Å²) in [6.07, 6.45) is 5.28. The Balaban J connectivity index is 1.78. The van der Waals surface area contributed by atoms with Crippen LogP contribution < -0.4 is 5.32 Å². The minimum absolute atomic E-state index is 0.655. The first-order valence-corrected chi connectivity index (χ1v) is 6.82. The summed E-state index contributed by atoms with van der Waals surface area (Å²) in [5, 5.41) is 3.54. The zero-order valence-electron chi connectivity index (χ0n) is 11.1. The van der Waals surface area contributed by atoms with Gasteiger partial charge in [0.05, 0.1) is 6.54 Å². The highest BCUT2D eigenvalue weighted by molar-refractivity contribution is 5.77. The van der Waals surface area contributed by atoms with Crippen LogP contribution in [0.15, 0.2) is 16.5 Å². The third-order valence-electron chi connectivity index (χ3n) is 3.76. The first kappa shape index (κ1) is 11.7. The third-order valence-corrected chi connectivity index (χ3v) is 3.76. The number of aromatic nitrogens is 1. The average Bonchev–Trinajstić information content (AvgIpc) is 2.93. The molecule has 0 atom stereocenters. The number of benzene rings is 1. The van der Waals surface area contributed by atoms with Gasteiger partial charge in [0.15, 0.2) is 5.58 Å². The van der Waals surface area contributed by atoms with Gasteiger partial charge in [0, 0.05) is 6.04 Å². The number of oxazole rings is 1. The summed E-state index contributed by atoms with van der Waals surface area (Å²) in [6, 6.07) is 4.88. The van der Waals surface area contributed by atoms with Gasteiger partial charge in [0.1, 0.15) is 5.52 Å². The van der Waals surface area contributed by atoms with Crippen molar-refractivity contribution in [3.8, 4) is 0 Å². The van der Waals surface area contributed by atoms with Crippen LogP contribution in [0.2, 0.25) is 0 Å². The van der Waals surface area contributed by atoms with Crippen LogP contribution in [-0.2, 0) is 6.54 Å². The monoisotopic (exact) mass is 244 g/mol. The maximum Gasteiger partial charge on any atom is 0.209 e. The van der Waals surface area contributed by atoms with Crippen LogP contribution in [0.25, 0.3) is 11.1 Å². The Labute approximate surface area is 108 Å². The van der Waals surface area contributed by atoms with E-state index in [4.69, 9.17) is 4.42 Å². The van der Waals surface area contributed by atoms with E-state index in [0.717, 1.165) is 23.5 Å². The lowest BCUT2D eigenvalue weighted by molar-refractivity contribution is 0.449. The van der Waals surface area contributed by atoms with E-state index in [1.807, 2.05) is 0 Å². The zero-order valence-corrected chi connectivity index (χ0v) is 11.1. The van der Waals surface area contributed by atoms with Crippen molar-refractivity contribution < 1.29 is 4.42 Å². The second kappa shape index (κ2) is 4.73. The molecule has 18 heavy (non-hydrogen) atoms. The SMILES string of the molecule is Cc1cc(C)c2oc(CNC3CCCC3)nc2c1. The Bertz CT molecular complexity index is 553. The van der Waals surface area contributed by atoms with Crippen molar-refractivity contribution in [1.82, 2.24) is 10.3 Å². The van der Waals surface area contributed by atoms with E-state index >= 15 is 0 Å². The van der Waals surface area contributed by atoms with Crippen LogP contribution in [0.5, 0.6) is 0 Å². The Morgan fingerprint density at radius 1 is 1.28 bits per heavy atom. The number of nitrogens with zero attached hydrogens (tertiary/aromatic N) is 1. The molecule has 3 nitrogen and oxygen atoms in total. The van der Waals surface area contributed by atoms with Crippen LogP contribution in [0.3, 0.4) is 0 Å². The fraction of sp³-hybridized carbons (Fsp3) is 0.533. The van der Waals surface area contributed by atoms with E-state index in [1.165, 1.54) is 36.8 Å². The lowest BCUT2D eigenvalue weighted by atomic mass is 10.1. The standard InChI is InChI=1S/C15H20N2O/c1-10-7-11(2)15-13(8-10)17-14(18-15)9-16-12-5-3-4-6-12/h7-8,12,16H,3-6,9H2,1-2H3. The second-order valence-corrected chi connectivity index (χ2v) is 5.40. The highest BCUT2D eigenvalue weighted by Crippen LogP contribution is 2.22. The summed E-state index contributed by atoms with van der Waals surface area (Å²) in [5.74, 6) is 0.811. The molecule has 1 aliphatic carbocycles. The average molecular weight is 244 g/mol. The normalized spacial score (nSPS) is 16.8. The summed E-state index contributed by atoms with van der Waals surface area (Å²) in [4.78, 5) is 4.57. The van der Waals surface area contributed by atoms with E-state index in [0.29, 0.717) is 6.04 Å². The molecular weight excluding hydrogens is 224 g/mol. The molecule has 0 saturated heterocycles. The predicted molar refractivity (Wildman–Crippen MR) is 72.6 cm³/mol. The van der Waals surface area contributed by atoms with E-state index in [2.05, 4.69) is 36.3 Å². The van der Waals surface area contributed by atoms with Gasteiger partial charge >= 0.3 is 0 Å². The lowest BCUT2D eigenvalue weighted by Crippen LogP contribution is -2.25. The molecule has 0 aliphatic heterocycles. The molecule has 2 aromatic rings. The molecule has 1 N–H and O–H groups in total. The van der Waals surface area contributed by atoms with Crippen molar-refractivity contribution in [2.75, 3.05) is 0 Å². The molecule has 0 radical (unpaired) electrons. The molecule has 0 amide bonds. The highest BCUT2D eigenvalue weighted by atomic mass is 16.3. The Kier molecular flexibility index (Phi) is 3.08. The summed E-state index contributed by atoms with van der Waals surface area (Å²) < 4.78 is 5.84. The molecule has 1 aliphatic rings. The van der Waals surface area contributed by atoms with Gasteiger partial charge in [-0.05, 0) is 43.9 Å². The maximum atomic E-state index is 5.84. The van der Waals surface area contributed by atoms with Gasteiger partial charge in [-0.1, -0.05) is 18.9 Å². The first-order valence-electron chi connectivity index (χ1n) is 6.82. The fourth-order valence-electron chi connectivity index (χ4n) is 2.86. The quantitative estimate of drug-likeness (QED) is 0.898. The molecule has 0 spiro atoms. The number of rotatable bonds is 3. The molecule has 1 aromatic carbocycles. The number of aryl methyl sites for hydroxylation is 2. The molecule has 1 aromatic heterocycles. The smallest absolute Gasteiger partial charge is 0.209 e. The number of fused-ring (bicyclic) bond motifs is 1. The molecule has 1 saturated carbocycles. The molecule has 0 bridgehead atoms. The Morgan fingerprint density at radius 3 is 2.83 bits per heavy atom. The van der Waals surface area contributed by atoms with Gasteiger partial charge < -0.3 is 9.73 Å². The van der Waals surface area contributed by atoms with Crippen LogP contribution >= 0.6 is 0 Å². The van der Waals surface area contributed by atoms with Crippen LogP contribution in [0.4, 0.5) is 0 Å². The van der Waals surface area contributed by atoms with Crippen molar-refractivity contribution in [1.29, 1.82) is 0 Å². The molecule has 3 heteroatoms. The van der Waals surface area contributed by atoms with Crippen molar-refractivity contribution in [3.05, 3.63) is 29.2 Å². The van der Waals surface area contributed by atoms with Crippen molar-refractivity contribution in [2.24, 2.45) is 0 Å². The van der Waals surface area contributed by atoms with Gasteiger partial charge in [-0.15, -0.1) is 0 Å². The van der Waals surface area contributed by atoms with E-state index in [9.17, 15) is 0 Å². The second-order valence-electron chi connectivity index (χ2n) is 5.40. The van der Waals surface area contributed by atoms with E-state index in [1.54, 1.807) is 0 Å². The topological polar surface area (TPSA) is 38.1 Å². The summed E-state index contributed by atoms with van der Waals surface area (Å²) in [7, 11) is 0. The molecule has 96 valence electrons. The van der Waals surface area contributed by atoms with Crippen molar-refractivity contribution in [2.45, 2.75) is 52.1 Å². The highest BCUT2D eigenvalue weighted by Gasteiger charge is 2.15. The lowest BCUT2D eigenvalue weighted by Gasteiger charge is -2.08. The van der Waals surface area contributed by atoms with Crippen LogP contribution in [-0.4, -0.2) is 11.0 Å². The first-order chi connectivity index (χ1) is 8.72.